The molecule has 1 rings (SSSR count). The maximum Gasteiger partial charge on any atom is 0.119 e. The van der Waals surface area contributed by atoms with Gasteiger partial charge in [0.2, 0.25) is 0 Å². The summed E-state index contributed by atoms with van der Waals surface area (Å²) in [5.74, 6) is 0.494. The summed E-state index contributed by atoms with van der Waals surface area (Å²) >= 11 is 0. The standard InChI is InChI=1S/C8H11O2P/c1-11-5-6-4-7(9)2-3-8(6)10/h2-4,9-11H,5H2,1H3. The number of rotatable bonds is 2. The van der Waals surface area contributed by atoms with Crippen LogP contribution in [0.4, 0.5) is 0 Å². The first-order valence-corrected chi connectivity index (χ1v) is 5.10. The Labute approximate surface area is 67.7 Å². The van der Waals surface area contributed by atoms with Crippen LogP contribution in [0.5, 0.6) is 11.5 Å². The molecule has 1 atom stereocenters. The molecule has 0 amide bonds. The van der Waals surface area contributed by atoms with Gasteiger partial charge in [0, 0.05) is 5.56 Å². The topological polar surface area (TPSA) is 40.5 Å². The zero-order chi connectivity index (χ0) is 8.27. The highest BCUT2D eigenvalue weighted by atomic mass is 31.1. The molecule has 0 saturated heterocycles. The van der Waals surface area contributed by atoms with E-state index in [0.29, 0.717) is 0 Å². The number of benzene rings is 1. The first-order chi connectivity index (χ1) is 5.24. The van der Waals surface area contributed by atoms with Gasteiger partial charge in [-0.05, 0) is 31.0 Å². The van der Waals surface area contributed by atoms with Gasteiger partial charge in [-0.2, -0.15) is 0 Å². The Morgan fingerprint density at radius 3 is 2.73 bits per heavy atom. The van der Waals surface area contributed by atoms with Gasteiger partial charge in [-0.3, -0.25) is 0 Å². The summed E-state index contributed by atoms with van der Waals surface area (Å²) < 4.78 is 0. The zero-order valence-electron chi connectivity index (χ0n) is 6.33. The minimum absolute atomic E-state index is 0.219. The summed E-state index contributed by atoms with van der Waals surface area (Å²) in [6, 6.07) is 4.61. The summed E-state index contributed by atoms with van der Waals surface area (Å²) in [5, 5.41) is 18.3. The van der Waals surface area contributed by atoms with Crippen LogP contribution < -0.4 is 0 Å². The van der Waals surface area contributed by atoms with Crippen LogP contribution in [0.1, 0.15) is 5.56 Å². The molecule has 11 heavy (non-hydrogen) atoms. The predicted octanol–water partition coefficient (Wildman–Crippen LogP) is 1.91. The second kappa shape index (κ2) is 3.59. The molecule has 0 aliphatic heterocycles. The van der Waals surface area contributed by atoms with Gasteiger partial charge in [0.25, 0.3) is 0 Å². The predicted molar refractivity (Wildman–Crippen MR) is 47.7 cm³/mol. The first-order valence-electron chi connectivity index (χ1n) is 3.39. The maximum atomic E-state index is 9.26. The van der Waals surface area contributed by atoms with Gasteiger partial charge < -0.3 is 10.2 Å². The van der Waals surface area contributed by atoms with Crippen molar-refractivity contribution in [3.63, 3.8) is 0 Å². The van der Waals surface area contributed by atoms with Crippen molar-refractivity contribution in [3.8, 4) is 11.5 Å². The molecule has 2 nitrogen and oxygen atoms in total. The van der Waals surface area contributed by atoms with Gasteiger partial charge >= 0.3 is 0 Å². The Kier molecular flexibility index (Phi) is 2.72. The van der Waals surface area contributed by atoms with Crippen molar-refractivity contribution >= 4 is 8.58 Å². The first kappa shape index (κ1) is 8.35. The summed E-state index contributed by atoms with van der Waals surface area (Å²) in [7, 11) is 0.757. The fraction of sp³-hybridized carbons (Fsp3) is 0.250. The van der Waals surface area contributed by atoms with Gasteiger partial charge in [0.05, 0.1) is 0 Å². The van der Waals surface area contributed by atoms with E-state index in [1.165, 1.54) is 12.1 Å². The summed E-state index contributed by atoms with van der Waals surface area (Å²) in [5.41, 5.74) is 0.825. The van der Waals surface area contributed by atoms with Crippen molar-refractivity contribution in [1.82, 2.24) is 0 Å². The van der Waals surface area contributed by atoms with E-state index < -0.39 is 0 Å². The van der Waals surface area contributed by atoms with E-state index >= 15 is 0 Å². The van der Waals surface area contributed by atoms with Crippen molar-refractivity contribution in [2.24, 2.45) is 0 Å². The van der Waals surface area contributed by atoms with E-state index in [0.717, 1.165) is 20.3 Å². The molecule has 60 valence electrons. The van der Waals surface area contributed by atoms with Crippen molar-refractivity contribution in [3.05, 3.63) is 23.8 Å². The van der Waals surface area contributed by atoms with Crippen LogP contribution in [-0.2, 0) is 6.16 Å². The monoisotopic (exact) mass is 170 g/mol. The second-order valence-corrected chi connectivity index (χ2v) is 3.40. The fourth-order valence-electron chi connectivity index (χ4n) is 0.904. The third kappa shape index (κ3) is 2.09. The van der Waals surface area contributed by atoms with E-state index in [9.17, 15) is 5.11 Å². The molecule has 0 heterocycles. The zero-order valence-corrected chi connectivity index (χ0v) is 7.33. The highest BCUT2D eigenvalue weighted by Gasteiger charge is 1.99. The minimum Gasteiger partial charge on any atom is -0.508 e. The van der Waals surface area contributed by atoms with Crippen LogP contribution in [0.25, 0.3) is 0 Å². The van der Waals surface area contributed by atoms with Crippen molar-refractivity contribution < 1.29 is 10.2 Å². The molecule has 0 aromatic heterocycles. The molecule has 1 aromatic carbocycles. The molecule has 0 bridgehead atoms. The lowest BCUT2D eigenvalue weighted by molar-refractivity contribution is 0.456. The lowest BCUT2D eigenvalue weighted by atomic mass is 10.2. The summed E-state index contributed by atoms with van der Waals surface area (Å²) in [4.78, 5) is 0. The number of hydrogen-bond acceptors (Lipinski definition) is 2. The molecule has 0 fully saturated rings. The quantitative estimate of drug-likeness (QED) is 0.525. The fourth-order valence-corrected chi connectivity index (χ4v) is 1.57. The van der Waals surface area contributed by atoms with Crippen LogP contribution in [0.3, 0.4) is 0 Å². The number of phenols is 2. The van der Waals surface area contributed by atoms with Gasteiger partial charge in [-0.25, -0.2) is 0 Å². The molecule has 0 saturated carbocycles. The molecule has 1 unspecified atom stereocenters. The summed E-state index contributed by atoms with van der Waals surface area (Å²) in [6.07, 6.45) is 0.834. The van der Waals surface area contributed by atoms with E-state index in [1.54, 1.807) is 6.07 Å². The molecule has 3 heteroatoms. The third-order valence-electron chi connectivity index (χ3n) is 1.43. The lowest BCUT2D eigenvalue weighted by Gasteiger charge is -2.02. The molecule has 0 spiro atoms. The van der Waals surface area contributed by atoms with Crippen LogP contribution in [0.15, 0.2) is 18.2 Å². The van der Waals surface area contributed by atoms with Gasteiger partial charge in [0.1, 0.15) is 11.5 Å². The molecule has 2 N–H and O–H groups in total. The summed E-state index contributed by atoms with van der Waals surface area (Å²) in [6.45, 7) is 2.06. The smallest absolute Gasteiger partial charge is 0.119 e. The number of aromatic hydroxyl groups is 2. The van der Waals surface area contributed by atoms with Crippen molar-refractivity contribution in [2.75, 3.05) is 6.66 Å². The van der Waals surface area contributed by atoms with Gasteiger partial charge in [-0.1, -0.05) is 0 Å². The average Bonchev–Trinajstić information content (AvgIpc) is 1.98. The van der Waals surface area contributed by atoms with E-state index in [1.807, 2.05) is 0 Å². The number of phenolic OH excluding ortho intramolecular Hbond substituents is 2. The number of hydrogen-bond donors (Lipinski definition) is 2. The molecule has 0 aliphatic carbocycles. The van der Waals surface area contributed by atoms with E-state index in [-0.39, 0.29) is 11.5 Å². The molecule has 0 aliphatic rings. The van der Waals surface area contributed by atoms with Gasteiger partial charge in [0.15, 0.2) is 0 Å². The molecular weight excluding hydrogens is 159 g/mol. The minimum atomic E-state index is 0.219. The highest BCUT2D eigenvalue weighted by molar-refractivity contribution is 7.36. The van der Waals surface area contributed by atoms with Gasteiger partial charge in [-0.15, -0.1) is 8.58 Å². The Hall–Kier alpha value is -0.750. The van der Waals surface area contributed by atoms with E-state index in [2.05, 4.69) is 6.66 Å². The highest BCUT2D eigenvalue weighted by Crippen LogP contribution is 2.26. The van der Waals surface area contributed by atoms with Crippen LogP contribution in [0, 0.1) is 0 Å². The molecule has 1 aromatic rings. The van der Waals surface area contributed by atoms with E-state index in [4.69, 9.17) is 5.11 Å². The normalized spacial score (nSPS) is 11.0. The third-order valence-corrected chi connectivity index (χ3v) is 2.16. The lowest BCUT2D eigenvalue weighted by Crippen LogP contribution is -1.79. The second-order valence-electron chi connectivity index (χ2n) is 2.34. The van der Waals surface area contributed by atoms with Crippen molar-refractivity contribution in [2.45, 2.75) is 6.16 Å². The average molecular weight is 170 g/mol. The Morgan fingerprint density at radius 2 is 2.09 bits per heavy atom. The Morgan fingerprint density at radius 1 is 1.36 bits per heavy atom. The molecular formula is C8H11O2P. The Bertz CT molecular complexity index is 248. The maximum absolute atomic E-state index is 9.26. The Balaban J connectivity index is 2.93. The molecule has 0 radical (unpaired) electrons. The van der Waals surface area contributed by atoms with Crippen LogP contribution >= 0.6 is 8.58 Å². The van der Waals surface area contributed by atoms with Crippen molar-refractivity contribution in [1.29, 1.82) is 0 Å². The SMILES string of the molecule is CPCc1cc(O)ccc1O. The largest absolute Gasteiger partial charge is 0.508 e. The van der Waals surface area contributed by atoms with Crippen LogP contribution in [-0.4, -0.2) is 16.9 Å². The van der Waals surface area contributed by atoms with Crippen LogP contribution in [0.2, 0.25) is 0 Å².